The van der Waals surface area contributed by atoms with Crippen LogP contribution in [0.25, 0.3) is 0 Å². The van der Waals surface area contributed by atoms with E-state index in [1.54, 1.807) is 11.8 Å². The summed E-state index contributed by atoms with van der Waals surface area (Å²) in [7, 11) is 0. The molecule has 0 saturated carbocycles. The van der Waals surface area contributed by atoms with Crippen LogP contribution in [0.5, 0.6) is 0 Å². The van der Waals surface area contributed by atoms with Crippen LogP contribution in [0, 0.1) is 5.92 Å². The molecule has 2 aromatic heterocycles. The van der Waals surface area contributed by atoms with E-state index >= 15 is 0 Å². The molecule has 1 saturated heterocycles. The number of rotatable bonds is 6. The normalized spacial score (nSPS) is 16.5. The largest absolute Gasteiger partial charge is 0.338 e. The molecule has 3 heterocycles. The highest BCUT2D eigenvalue weighted by atomic mass is 32.2. The number of aromatic nitrogens is 2. The molecule has 1 aliphatic rings. The summed E-state index contributed by atoms with van der Waals surface area (Å²) in [5.41, 5.74) is 0. The number of likely N-dealkylation sites (tertiary alicyclic amines) is 1. The molecule has 0 aromatic carbocycles. The molecule has 0 radical (unpaired) electrons. The molecule has 2 aromatic rings. The molecule has 6 nitrogen and oxygen atoms in total. The number of carbonyl (C=O) groups excluding carboxylic acids is 2. The third-order valence-corrected chi connectivity index (χ3v) is 7.45. The molecule has 9 heteroatoms. The van der Waals surface area contributed by atoms with E-state index < -0.39 is 0 Å². The van der Waals surface area contributed by atoms with Crippen LogP contribution >= 0.6 is 34.4 Å². The Kier molecular flexibility index (Phi) is 6.66. The summed E-state index contributed by atoms with van der Waals surface area (Å²) in [6.07, 6.45) is 2.42. The first-order chi connectivity index (χ1) is 12.6. The molecule has 0 unspecified atom stereocenters. The molecule has 0 spiro atoms. The lowest BCUT2D eigenvalue weighted by molar-refractivity contribution is -0.121. The van der Waals surface area contributed by atoms with E-state index in [-0.39, 0.29) is 17.7 Å². The fourth-order valence-corrected chi connectivity index (χ4v) is 5.36. The third kappa shape index (κ3) is 4.83. The minimum atomic E-state index is -0.0862. The number of nitrogens with zero attached hydrogens (tertiary/aromatic N) is 3. The highest BCUT2D eigenvalue weighted by Gasteiger charge is 2.28. The number of thioether (sulfide) groups is 1. The number of nitrogens with one attached hydrogen (secondary N) is 1. The van der Waals surface area contributed by atoms with Crippen molar-refractivity contribution in [3.8, 4) is 0 Å². The van der Waals surface area contributed by atoms with Crippen molar-refractivity contribution in [2.75, 3.05) is 18.4 Å². The van der Waals surface area contributed by atoms with E-state index in [0.717, 1.165) is 15.6 Å². The Hall–Kier alpha value is -1.45. The Morgan fingerprint density at radius 1 is 1.38 bits per heavy atom. The number of anilines is 1. The molecule has 0 aliphatic carbocycles. The lowest BCUT2D eigenvalue weighted by Gasteiger charge is -2.30. The zero-order chi connectivity index (χ0) is 18.5. The molecule has 140 valence electrons. The van der Waals surface area contributed by atoms with Crippen molar-refractivity contribution < 1.29 is 9.59 Å². The molecule has 1 fully saturated rings. The summed E-state index contributed by atoms with van der Waals surface area (Å²) >= 11 is 4.55. The van der Waals surface area contributed by atoms with Gasteiger partial charge in [0, 0.05) is 24.3 Å². The number of hydrogen-bond acceptors (Lipinski definition) is 7. The minimum Gasteiger partial charge on any atom is -0.338 e. The van der Waals surface area contributed by atoms with Gasteiger partial charge in [0.05, 0.1) is 4.88 Å². The van der Waals surface area contributed by atoms with Crippen LogP contribution in [0.15, 0.2) is 21.9 Å². The molecule has 26 heavy (non-hydrogen) atoms. The van der Waals surface area contributed by atoms with Crippen molar-refractivity contribution in [3.05, 3.63) is 22.4 Å². The monoisotopic (exact) mass is 410 g/mol. The molecule has 1 N–H and O–H groups in total. The summed E-state index contributed by atoms with van der Waals surface area (Å²) in [5, 5.41) is 14.0. The summed E-state index contributed by atoms with van der Waals surface area (Å²) in [5.74, 6) is -0.0453. The second kappa shape index (κ2) is 8.96. The maximum Gasteiger partial charge on any atom is 0.263 e. The lowest BCUT2D eigenvalue weighted by atomic mass is 9.96. The number of carbonyl (C=O) groups is 2. The van der Waals surface area contributed by atoms with Crippen molar-refractivity contribution >= 4 is 51.4 Å². The Morgan fingerprint density at radius 3 is 2.81 bits per heavy atom. The van der Waals surface area contributed by atoms with Gasteiger partial charge in [-0.05, 0) is 30.7 Å². The minimum absolute atomic E-state index is 0.0236. The molecule has 0 bridgehead atoms. The Labute approximate surface area is 165 Å². The average Bonchev–Trinajstić information content (AvgIpc) is 3.33. The van der Waals surface area contributed by atoms with Gasteiger partial charge in [0.2, 0.25) is 11.0 Å². The zero-order valence-electron chi connectivity index (χ0n) is 14.8. The van der Waals surface area contributed by atoms with Crippen molar-refractivity contribution in [2.24, 2.45) is 5.92 Å². The fourth-order valence-electron chi connectivity index (χ4n) is 2.67. The van der Waals surface area contributed by atoms with Crippen LogP contribution in [0.2, 0.25) is 0 Å². The number of piperidine rings is 1. The van der Waals surface area contributed by atoms with Crippen LogP contribution in [0.4, 0.5) is 5.13 Å². The van der Waals surface area contributed by atoms with E-state index in [1.807, 2.05) is 22.4 Å². The van der Waals surface area contributed by atoms with Gasteiger partial charge in [-0.2, -0.15) is 0 Å². The van der Waals surface area contributed by atoms with Gasteiger partial charge in [-0.25, -0.2) is 0 Å². The van der Waals surface area contributed by atoms with E-state index in [0.29, 0.717) is 36.3 Å². The van der Waals surface area contributed by atoms with Crippen molar-refractivity contribution in [1.29, 1.82) is 0 Å². The first kappa shape index (κ1) is 19.3. The third-order valence-electron chi connectivity index (χ3n) is 4.40. The van der Waals surface area contributed by atoms with Gasteiger partial charge in [-0.1, -0.05) is 43.0 Å². The molecule has 2 amide bonds. The average molecular weight is 411 g/mol. The SMILES string of the molecule is CC[C@@H](C)Sc1nnc(NC(=O)C2CCN(C(=O)c3cccs3)CC2)s1. The van der Waals surface area contributed by atoms with E-state index in [4.69, 9.17) is 0 Å². The van der Waals surface area contributed by atoms with Crippen LogP contribution in [-0.2, 0) is 4.79 Å². The predicted molar refractivity (Wildman–Crippen MR) is 107 cm³/mol. The van der Waals surface area contributed by atoms with Gasteiger partial charge in [0.15, 0.2) is 4.34 Å². The quantitative estimate of drug-likeness (QED) is 0.576. The smallest absolute Gasteiger partial charge is 0.263 e. The second-order valence-electron chi connectivity index (χ2n) is 6.24. The highest BCUT2D eigenvalue weighted by molar-refractivity contribution is 8.01. The van der Waals surface area contributed by atoms with Gasteiger partial charge >= 0.3 is 0 Å². The number of thiophene rings is 1. The Morgan fingerprint density at radius 2 is 2.15 bits per heavy atom. The van der Waals surface area contributed by atoms with E-state index in [1.165, 1.54) is 22.7 Å². The van der Waals surface area contributed by atoms with Crippen LogP contribution in [-0.4, -0.2) is 45.3 Å². The summed E-state index contributed by atoms with van der Waals surface area (Å²) in [6, 6.07) is 3.73. The summed E-state index contributed by atoms with van der Waals surface area (Å²) < 4.78 is 0.881. The molecule has 1 atom stereocenters. The van der Waals surface area contributed by atoms with E-state index in [2.05, 4.69) is 29.4 Å². The van der Waals surface area contributed by atoms with E-state index in [9.17, 15) is 9.59 Å². The summed E-state index contributed by atoms with van der Waals surface area (Å²) in [4.78, 5) is 27.4. The van der Waals surface area contributed by atoms with Crippen molar-refractivity contribution in [1.82, 2.24) is 15.1 Å². The van der Waals surface area contributed by atoms with Gasteiger partial charge in [0.1, 0.15) is 0 Å². The Balaban J connectivity index is 1.49. The van der Waals surface area contributed by atoms with Gasteiger partial charge < -0.3 is 10.2 Å². The molecular formula is C17H22N4O2S3. The second-order valence-corrected chi connectivity index (χ2v) is 9.85. The number of hydrogen-bond donors (Lipinski definition) is 1. The van der Waals surface area contributed by atoms with Crippen LogP contribution < -0.4 is 5.32 Å². The van der Waals surface area contributed by atoms with Gasteiger partial charge in [0.25, 0.3) is 5.91 Å². The first-order valence-electron chi connectivity index (χ1n) is 8.70. The molecular weight excluding hydrogens is 388 g/mol. The van der Waals surface area contributed by atoms with Crippen LogP contribution in [0.1, 0.15) is 42.8 Å². The van der Waals surface area contributed by atoms with Gasteiger partial charge in [-0.15, -0.1) is 21.5 Å². The van der Waals surface area contributed by atoms with Crippen molar-refractivity contribution in [3.63, 3.8) is 0 Å². The highest BCUT2D eigenvalue weighted by Crippen LogP contribution is 2.30. The maximum atomic E-state index is 12.5. The summed E-state index contributed by atoms with van der Waals surface area (Å²) in [6.45, 7) is 5.51. The maximum absolute atomic E-state index is 12.5. The number of amides is 2. The molecule has 3 rings (SSSR count). The first-order valence-corrected chi connectivity index (χ1v) is 11.3. The lowest BCUT2D eigenvalue weighted by Crippen LogP contribution is -2.41. The predicted octanol–water partition coefficient (Wildman–Crippen LogP) is 3.98. The fraction of sp³-hybridized carbons (Fsp3) is 0.529. The zero-order valence-corrected chi connectivity index (χ0v) is 17.3. The van der Waals surface area contributed by atoms with Gasteiger partial charge in [-0.3, -0.25) is 9.59 Å². The topological polar surface area (TPSA) is 75.2 Å². The Bertz CT molecular complexity index is 739. The standard InChI is InChI=1S/C17H22N4O2S3/c1-3-11(2)25-17-20-19-16(26-17)18-14(22)12-6-8-21(9-7-12)15(23)13-5-4-10-24-13/h4-5,10-12H,3,6-9H2,1-2H3,(H,18,19,22)/t11-/m1/s1. The molecule has 1 aliphatic heterocycles. The van der Waals surface area contributed by atoms with Crippen LogP contribution in [0.3, 0.4) is 0 Å². The van der Waals surface area contributed by atoms with Crippen molar-refractivity contribution in [2.45, 2.75) is 42.7 Å².